The monoisotopic (exact) mass is 358 g/mol. The zero-order valence-corrected chi connectivity index (χ0v) is 13.9. The molecule has 0 radical (unpaired) electrons. The lowest BCUT2D eigenvalue weighted by atomic mass is 10.0. The van der Waals surface area contributed by atoms with Gasteiger partial charge in [-0.3, -0.25) is 9.59 Å². The number of carbonyl (C=O) groups excluding carboxylic acids is 1. The zero-order valence-electron chi connectivity index (χ0n) is 13.1. The number of rotatable bonds is 5. The van der Waals surface area contributed by atoms with Gasteiger partial charge in [-0.05, 0) is 44.0 Å². The van der Waals surface area contributed by atoms with Crippen LogP contribution in [0.2, 0.25) is 0 Å². The summed E-state index contributed by atoms with van der Waals surface area (Å²) in [6, 6.07) is 2.28. The van der Waals surface area contributed by atoms with E-state index in [0.29, 0.717) is 19.3 Å². The van der Waals surface area contributed by atoms with Gasteiger partial charge < -0.3 is 10.4 Å². The number of sulfonamides is 1. The summed E-state index contributed by atoms with van der Waals surface area (Å²) in [6.07, 6.45) is 1.56. The summed E-state index contributed by atoms with van der Waals surface area (Å²) in [6.45, 7) is 1.46. The SMILES string of the molecule is C[C@@H](NC(=O)[C@@H]1CCCCN1S(=O)(=O)c1ccc(F)cc1)C(=O)O. The number of hydrogen-bond donors (Lipinski definition) is 2. The molecular formula is C15H19FN2O5S. The Balaban J connectivity index is 2.26. The summed E-state index contributed by atoms with van der Waals surface area (Å²) in [5.41, 5.74) is 0. The zero-order chi connectivity index (χ0) is 17.9. The first-order chi connectivity index (χ1) is 11.2. The second-order valence-corrected chi connectivity index (χ2v) is 7.54. The average molecular weight is 358 g/mol. The fraction of sp³-hybridized carbons (Fsp3) is 0.467. The summed E-state index contributed by atoms with van der Waals surface area (Å²) in [5, 5.41) is 11.2. The van der Waals surface area contributed by atoms with Gasteiger partial charge in [0.15, 0.2) is 0 Å². The fourth-order valence-electron chi connectivity index (χ4n) is 2.57. The molecule has 1 aliphatic rings. The molecule has 0 unspecified atom stereocenters. The molecule has 9 heteroatoms. The van der Waals surface area contributed by atoms with Crippen molar-refractivity contribution in [3.8, 4) is 0 Å². The van der Waals surface area contributed by atoms with E-state index in [2.05, 4.69) is 5.32 Å². The van der Waals surface area contributed by atoms with Gasteiger partial charge >= 0.3 is 5.97 Å². The topological polar surface area (TPSA) is 104 Å². The van der Waals surface area contributed by atoms with Crippen molar-refractivity contribution in [3.63, 3.8) is 0 Å². The van der Waals surface area contributed by atoms with Gasteiger partial charge in [0, 0.05) is 6.54 Å². The number of piperidine rings is 1. The average Bonchev–Trinajstić information content (AvgIpc) is 2.55. The van der Waals surface area contributed by atoms with Crippen LogP contribution in [0.4, 0.5) is 4.39 Å². The number of carbonyl (C=O) groups is 2. The van der Waals surface area contributed by atoms with Crippen molar-refractivity contribution in [1.82, 2.24) is 9.62 Å². The molecule has 2 rings (SSSR count). The van der Waals surface area contributed by atoms with Crippen molar-refractivity contribution in [2.24, 2.45) is 0 Å². The third-order valence-corrected chi connectivity index (χ3v) is 5.83. The van der Waals surface area contributed by atoms with E-state index in [9.17, 15) is 22.4 Å². The third-order valence-electron chi connectivity index (χ3n) is 3.91. The number of amides is 1. The maximum absolute atomic E-state index is 13.0. The van der Waals surface area contributed by atoms with Crippen molar-refractivity contribution >= 4 is 21.9 Å². The standard InChI is InChI=1S/C15H19FN2O5S/c1-10(15(20)21)17-14(19)13-4-2-3-9-18(13)24(22,23)12-7-5-11(16)6-8-12/h5-8,10,13H,2-4,9H2,1H3,(H,17,19)(H,20,21)/t10-,13+/m1/s1. The molecule has 1 aromatic rings. The minimum atomic E-state index is -3.97. The molecule has 2 N–H and O–H groups in total. The van der Waals surface area contributed by atoms with Crippen LogP contribution in [-0.4, -0.2) is 48.3 Å². The highest BCUT2D eigenvalue weighted by molar-refractivity contribution is 7.89. The molecule has 0 aromatic heterocycles. The van der Waals surface area contributed by atoms with Crippen LogP contribution in [-0.2, 0) is 19.6 Å². The molecule has 2 atom stereocenters. The minimum absolute atomic E-state index is 0.102. The van der Waals surface area contributed by atoms with Gasteiger partial charge in [0.2, 0.25) is 15.9 Å². The van der Waals surface area contributed by atoms with Crippen molar-refractivity contribution in [1.29, 1.82) is 0 Å². The largest absolute Gasteiger partial charge is 0.480 e. The highest BCUT2D eigenvalue weighted by atomic mass is 32.2. The van der Waals surface area contributed by atoms with E-state index >= 15 is 0 Å². The quantitative estimate of drug-likeness (QED) is 0.816. The Labute approximate surface area is 139 Å². The first-order valence-corrected chi connectivity index (χ1v) is 8.98. The molecule has 1 aliphatic heterocycles. The first-order valence-electron chi connectivity index (χ1n) is 7.54. The predicted octanol–water partition coefficient (Wildman–Crippen LogP) is 0.958. The number of nitrogens with one attached hydrogen (secondary N) is 1. The maximum Gasteiger partial charge on any atom is 0.325 e. The normalized spacial score (nSPS) is 20.3. The van der Waals surface area contributed by atoms with E-state index in [1.807, 2.05) is 0 Å². The van der Waals surface area contributed by atoms with Crippen molar-refractivity contribution in [2.45, 2.75) is 43.2 Å². The molecule has 7 nitrogen and oxygen atoms in total. The van der Waals surface area contributed by atoms with Crippen LogP contribution in [0.1, 0.15) is 26.2 Å². The molecule has 132 valence electrons. The second-order valence-electron chi connectivity index (χ2n) is 5.65. The summed E-state index contributed by atoms with van der Waals surface area (Å²) in [5.74, 6) is -2.40. The van der Waals surface area contributed by atoms with Crippen LogP contribution in [0, 0.1) is 5.82 Å². The van der Waals surface area contributed by atoms with Crippen molar-refractivity contribution in [2.75, 3.05) is 6.54 Å². The van der Waals surface area contributed by atoms with Crippen LogP contribution in [0.3, 0.4) is 0 Å². The molecule has 24 heavy (non-hydrogen) atoms. The van der Waals surface area contributed by atoms with E-state index in [1.54, 1.807) is 0 Å². The van der Waals surface area contributed by atoms with E-state index in [1.165, 1.54) is 6.92 Å². The van der Waals surface area contributed by atoms with E-state index in [4.69, 9.17) is 5.11 Å². The molecule has 0 spiro atoms. The number of carboxylic acids is 1. The summed E-state index contributed by atoms with van der Waals surface area (Å²) in [4.78, 5) is 23.1. The molecular weight excluding hydrogens is 339 g/mol. The highest BCUT2D eigenvalue weighted by Crippen LogP contribution is 2.25. The Morgan fingerprint density at radius 3 is 2.50 bits per heavy atom. The van der Waals surface area contributed by atoms with Gasteiger partial charge in [-0.15, -0.1) is 0 Å². The predicted molar refractivity (Wildman–Crippen MR) is 83.2 cm³/mol. The minimum Gasteiger partial charge on any atom is -0.480 e. The number of aliphatic carboxylic acids is 1. The van der Waals surface area contributed by atoms with Gasteiger partial charge in [0.25, 0.3) is 0 Å². The summed E-state index contributed by atoms with van der Waals surface area (Å²) < 4.78 is 39.6. The lowest BCUT2D eigenvalue weighted by Gasteiger charge is -2.34. The van der Waals surface area contributed by atoms with Crippen LogP contribution in [0.15, 0.2) is 29.2 Å². The Hall–Kier alpha value is -2.00. The third kappa shape index (κ3) is 3.90. The van der Waals surface area contributed by atoms with Crippen LogP contribution in [0.5, 0.6) is 0 Å². The smallest absolute Gasteiger partial charge is 0.325 e. The van der Waals surface area contributed by atoms with Crippen molar-refractivity contribution < 1.29 is 27.5 Å². The Kier molecular flexibility index (Phi) is 5.55. The number of carboxylic acid groups (broad SMARTS) is 1. The molecule has 0 aliphatic carbocycles. The van der Waals surface area contributed by atoms with Gasteiger partial charge in [-0.25, -0.2) is 12.8 Å². The Morgan fingerprint density at radius 2 is 1.92 bits per heavy atom. The molecule has 1 aromatic carbocycles. The Morgan fingerprint density at radius 1 is 1.29 bits per heavy atom. The maximum atomic E-state index is 13.0. The van der Waals surface area contributed by atoms with Crippen LogP contribution >= 0.6 is 0 Å². The lowest BCUT2D eigenvalue weighted by Crippen LogP contribution is -2.54. The summed E-state index contributed by atoms with van der Waals surface area (Å²) in [7, 11) is -3.97. The van der Waals surface area contributed by atoms with Gasteiger partial charge in [0.1, 0.15) is 17.9 Å². The van der Waals surface area contributed by atoms with E-state index in [0.717, 1.165) is 28.6 Å². The van der Waals surface area contributed by atoms with Crippen LogP contribution in [0.25, 0.3) is 0 Å². The molecule has 1 heterocycles. The molecule has 1 saturated heterocycles. The van der Waals surface area contributed by atoms with Gasteiger partial charge in [-0.1, -0.05) is 6.42 Å². The van der Waals surface area contributed by atoms with E-state index < -0.39 is 39.8 Å². The molecule has 0 saturated carbocycles. The second kappa shape index (κ2) is 7.27. The molecule has 1 fully saturated rings. The first kappa shape index (κ1) is 18.3. The number of halogens is 1. The number of benzene rings is 1. The molecule has 0 bridgehead atoms. The number of nitrogens with zero attached hydrogens (tertiary/aromatic N) is 1. The van der Waals surface area contributed by atoms with Gasteiger partial charge in [-0.2, -0.15) is 4.31 Å². The van der Waals surface area contributed by atoms with Crippen LogP contribution < -0.4 is 5.32 Å². The van der Waals surface area contributed by atoms with E-state index in [-0.39, 0.29) is 11.4 Å². The fourth-order valence-corrected chi connectivity index (χ4v) is 4.22. The van der Waals surface area contributed by atoms with Gasteiger partial charge in [0.05, 0.1) is 4.90 Å². The Bertz CT molecular complexity index is 720. The number of hydrogen-bond acceptors (Lipinski definition) is 4. The van der Waals surface area contributed by atoms with Crippen molar-refractivity contribution in [3.05, 3.63) is 30.1 Å². The summed E-state index contributed by atoms with van der Waals surface area (Å²) >= 11 is 0. The lowest BCUT2D eigenvalue weighted by molar-refractivity contribution is -0.142. The highest BCUT2D eigenvalue weighted by Gasteiger charge is 2.38. The molecule has 1 amide bonds.